The van der Waals surface area contributed by atoms with Crippen LogP contribution in [0, 0.1) is 0 Å². The van der Waals surface area contributed by atoms with Gasteiger partial charge in [-0.15, -0.1) is 0 Å². The van der Waals surface area contributed by atoms with Gasteiger partial charge in [0.2, 0.25) is 11.7 Å². The molecule has 0 saturated carbocycles. The van der Waals surface area contributed by atoms with Gasteiger partial charge >= 0.3 is 0 Å². The summed E-state index contributed by atoms with van der Waals surface area (Å²) in [5.41, 5.74) is 2.10. The Hall–Kier alpha value is -1.95. The van der Waals surface area contributed by atoms with Crippen molar-refractivity contribution < 1.29 is 4.52 Å². The molecule has 4 heterocycles. The number of nitrogens with zero attached hydrogens (tertiary/aromatic N) is 4. The quantitative estimate of drug-likeness (QED) is 0.591. The summed E-state index contributed by atoms with van der Waals surface area (Å²) in [5.74, 6) is 1.70. The number of hydrogen-bond acceptors (Lipinski definition) is 5. The molecule has 7 heteroatoms. The number of likely N-dealkylation sites (N-methyl/N-ethyl adjacent to an activating group) is 1. The molecule has 5 rings (SSSR count). The molecule has 144 valence electrons. The lowest BCUT2D eigenvalue weighted by molar-refractivity contribution is 0.120. The smallest absolute Gasteiger partial charge is 0.232 e. The molecule has 2 unspecified atom stereocenters. The number of pyridine rings is 1. The van der Waals surface area contributed by atoms with Crippen LogP contribution in [0.15, 0.2) is 47.2 Å². The average Bonchev–Trinajstić information content (AvgIpc) is 3.28. The Labute approximate surface area is 173 Å². The van der Waals surface area contributed by atoms with Crippen molar-refractivity contribution in [1.82, 2.24) is 20.0 Å². The van der Waals surface area contributed by atoms with Crippen LogP contribution in [-0.4, -0.2) is 39.2 Å². The number of hydrogen-bond donors (Lipinski definition) is 0. The van der Waals surface area contributed by atoms with E-state index in [9.17, 15) is 0 Å². The third-order valence-electron chi connectivity index (χ3n) is 6.31. The Balaban J connectivity index is 1.55. The number of aromatic nitrogens is 3. The number of piperidine rings is 1. The fraction of sp³-hybridized carbons (Fsp3) is 0.381. The normalized spacial score (nSPS) is 27.2. The highest BCUT2D eigenvalue weighted by Gasteiger charge is 2.49. The molecule has 2 aliphatic rings. The monoisotopic (exact) mass is 414 g/mol. The van der Waals surface area contributed by atoms with Crippen molar-refractivity contribution in [3.05, 3.63) is 64.2 Å². The molecule has 0 amide bonds. The van der Waals surface area contributed by atoms with Gasteiger partial charge in [0, 0.05) is 30.0 Å². The second kappa shape index (κ2) is 7.14. The minimum Gasteiger partial charge on any atom is -0.339 e. The molecule has 3 aromatic rings. The summed E-state index contributed by atoms with van der Waals surface area (Å²) in [6.45, 7) is 0. The first-order valence-electron chi connectivity index (χ1n) is 9.52. The van der Waals surface area contributed by atoms with Gasteiger partial charge in [-0.1, -0.05) is 34.4 Å². The Morgan fingerprint density at radius 2 is 1.89 bits per heavy atom. The van der Waals surface area contributed by atoms with E-state index in [-0.39, 0.29) is 11.8 Å². The van der Waals surface area contributed by atoms with Crippen molar-refractivity contribution in [2.75, 3.05) is 7.05 Å². The summed E-state index contributed by atoms with van der Waals surface area (Å²) >= 11 is 12.5. The van der Waals surface area contributed by atoms with Crippen molar-refractivity contribution in [1.29, 1.82) is 0 Å². The summed E-state index contributed by atoms with van der Waals surface area (Å²) in [5, 5.41) is 5.42. The Kier molecular flexibility index (Phi) is 4.62. The highest BCUT2D eigenvalue weighted by Crippen LogP contribution is 2.51. The van der Waals surface area contributed by atoms with Crippen LogP contribution >= 0.6 is 23.2 Å². The summed E-state index contributed by atoms with van der Waals surface area (Å²) in [6.07, 6.45) is 6.85. The molecule has 0 spiro atoms. The zero-order valence-corrected chi connectivity index (χ0v) is 16.9. The van der Waals surface area contributed by atoms with Crippen LogP contribution < -0.4 is 0 Å². The predicted molar refractivity (Wildman–Crippen MR) is 109 cm³/mol. The molecule has 2 bridgehead atoms. The van der Waals surface area contributed by atoms with Crippen LogP contribution in [-0.2, 0) is 0 Å². The van der Waals surface area contributed by atoms with E-state index in [2.05, 4.69) is 28.2 Å². The van der Waals surface area contributed by atoms with Crippen molar-refractivity contribution in [2.45, 2.75) is 43.2 Å². The lowest BCUT2D eigenvalue weighted by atomic mass is 9.76. The summed E-state index contributed by atoms with van der Waals surface area (Å²) in [7, 11) is 2.21. The summed E-state index contributed by atoms with van der Waals surface area (Å²) < 4.78 is 5.80. The van der Waals surface area contributed by atoms with E-state index in [1.165, 1.54) is 12.0 Å². The van der Waals surface area contributed by atoms with Crippen molar-refractivity contribution in [2.24, 2.45) is 0 Å². The van der Waals surface area contributed by atoms with Gasteiger partial charge in [-0.05, 0) is 62.1 Å². The third kappa shape index (κ3) is 3.02. The molecule has 1 aromatic carbocycles. The minimum absolute atomic E-state index is 0.129. The van der Waals surface area contributed by atoms with Gasteiger partial charge < -0.3 is 4.52 Å². The third-order valence-corrected chi connectivity index (χ3v) is 7.05. The number of fused-ring (bicyclic) bond motifs is 2. The first kappa shape index (κ1) is 18.1. The zero-order valence-electron chi connectivity index (χ0n) is 15.4. The largest absolute Gasteiger partial charge is 0.339 e. The maximum Gasteiger partial charge on any atom is 0.232 e. The van der Waals surface area contributed by atoms with Gasteiger partial charge in [-0.3, -0.25) is 9.88 Å². The van der Waals surface area contributed by atoms with E-state index >= 15 is 0 Å². The molecule has 5 nitrogen and oxygen atoms in total. The van der Waals surface area contributed by atoms with E-state index in [4.69, 9.17) is 32.7 Å². The van der Waals surface area contributed by atoms with E-state index in [1.54, 1.807) is 12.4 Å². The fourth-order valence-electron chi connectivity index (χ4n) is 4.88. The van der Waals surface area contributed by atoms with Crippen molar-refractivity contribution in [3.63, 3.8) is 0 Å². The van der Waals surface area contributed by atoms with Gasteiger partial charge in [0.25, 0.3) is 0 Å². The summed E-state index contributed by atoms with van der Waals surface area (Å²) in [6, 6.07) is 10.7. The molecule has 0 radical (unpaired) electrons. The molecule has 28 heavy (non-hydrogen) atoms. The average molecular weight is 415 g/mol. The molecular formula is C21H20Cl2N4O. The fourth-order valence-corrected chi connectivity index (χ4v) is 5.18. The highest BCUT2D eigenvalue weighted by molar-refractivity contribution is 6.42. The van der Waals surface area contributed by atoms with E-state index in [0.29, 0.717) is 33.8 Å². The Morgan fingerprint density at radius 1 is 1.07 bits per heavy atom. The van der Waals surface area contributed by atoms with Crippen LogP contribution in [0.25, 0.3) is 11.4 Å². The highest BCUT2D eigenvalue weighted by atomic mass is 35.5. The molecule has 2 aliphatic heterocycles. The maximum atomic E-state index is 6.33. The SMILES string of the molecule is CN1[C@H]2CC[C@@H]1C(c1nc(-c3ccncc3)no1)C(c1ccc(Cl)c(Cl)c1)C2. The lowest BCUT2D eigenvalue weighted by Gasteiger charge is -2.41. The number of halogens is 2. The Bertz CT molecular complexity index is 993. The maximum absolute atomic E-state index is 6.33. The summed E-state index contributed by atoms with van der Waals surface area (Å²) in [4.78, 5) is 11.3. The van der Waals surface area contributed by atoms with Gasteiger partial charge in [0.05, 0.1) is 16.0 Å². The molecule has 2 fully saturated rings. The minimum atomic E-state index is 0.129. The first-order chi connectivity index (χ1) is 13.6. The first-order valence-corrected chi connectivity index (χ1v) is 10.3. The van der Waals surface area contributed by atoms with Crippen molar-refractivity contribution >= 4 is 23.2 Å². The van der Waals surface area contributed by atoms with E-state index in [1.807, 2.05) is 24.3 Å². The molecule has 2 saturated heterocycles. The molecule has 0 N–H and O–H groups in total. The van der Waals surface area contributed by atoms with Gasteiger partial charge in [0.15, 0.2) is 0 Å². The predicted octanol–water partition coefficient (Wildman–Crippen LogP) is 5.17. The van der Waals surface area contributed by atoms with Crippen LogP contribution in [0.1, 0.15) is 42.6 Å². The van der Waals surface area contributed by atoms with Gasteiger partial charge in [0.1, 0.15) is 0 Å². The molecule has 4 atom stereocenters. The number of benzene rings is 1. The zero-order chi connectivity index (χ0) is 19.3. The second-order valence-corrected chi connectivity index (χ2v) is 8.51. The van der Waals surface area contributed by atoms with Gasteiger partial charge in [-0.2, -0.15) is 4.98 Å². The van der Waals surface area contributed by atoms with E-state index in [0.717, 1.165) is 18.4 Å². The van der Waals surface area contributed by atoms with Crippen LogP contribution in [0.5, 0.6) is 0 Å². The topological polar surface area (TPSA) is 55.1 Å². The van der Waals surface area contributed by atoms with Gasteiger partial charge in [-0.25, -0.2) is 0 Å². The molecular weight excluding hydrogens is 395 g/mol. The second-order valence-electron chi connectivity index (χ2n) is 7.70. The van der Waals surface area contributed by atoms with Crippen LogP contribution in [0.3, 0.4) is 0 Å². The lowest BCUT2D eigenvalue weighted by Crippen LogP contribution is -2.44. The molecule has 0 aliphatic carbocycles. The standard InChI is InChI=1S/C21H20Cl2N4O/c1-27-14-3-5-18(27)19(15(11-14)13-2-4-16(22)17(23)10-13)21-25-20(26-28-21)12-6-8-24-9-7-12/h2,4,6-10,14-15,18-19H,3,5,11H2,1H3/t14-,15?,18+,19?/m0/s1. The molecule has 2 aromatic heterocycles. The van der Waals surface area contributed by atoms with Crippen LogP contribution in [0.2, 0.25) is 10.0 Å². The van der Waals surface area contributed by atoms with E-state index < -0.39 is 0 Å². The number of rotatable bonds is 3. The van der Waals surface area contributed by atoms with Crippen LogP contribution in [0.4, 0.5) is 0 Å². The Morgan fingerprint density at radius 3 is 2.68 bits per heavy atom. The van der Waals surface area contributed by atoms with Crippen molar-refractivity contribution in [3.8, 4) is 11.4 Å².